The quantitative estimate of drug-likeness (QED) is 0.874. The molecular formula is C20H23FN4O2. The number of benzene rings is 1. The molecule has 0 spiro atoms. The molecule has 0 saturated carbocycles. The second-order valence-electron chi connectivity index (χ2n) is 6.41. The van der Waals surface area contributed by atoms with Crippen LogP contribution >= 0.6 is 0 Å². The van der Waals surface area contributed by atoms with Crippen LogP contribution in [-0.2, 0) is 6.54 Å². The first-order valence-corrected chi connectivity index (χ1v) is 9.08. The van der Waals surface area contributed by atoms with Gasteiger partial charge in [-0.05, 0) is 24.7 Å². The molecule has 142 valence electrons. The monoisotopic (exact) mass is 370 g/mol. The number of piperazine rings is 1. The molecule has 7 heteroatoms. The van der Waals surface area contributed by atoms with E-state index < -0.39 is 5.91 Å². The summed E-state index contributed by atoms with van der Waals surface area (Å²) in [5, 5.41) is 2.64. The molecule has 2 amide bonds. The van der Waals surface area contributed by atoms with Crippen LogP contribution < -0.4 is 5.32 Å². The molecule has 0 aliphatic carbocycles. The Balaban J connectivity index is 1.63. The highest BCUT2D eigenvalue weighted by Gasteiger charge is 2.23. The molecule has 2 heterocycles. The Morgan fingerprint density at radius 1 is 1.04 bits per heavy atom. The van der Waals surface area contributed by atoms with E-state index in [0.717, 1.165) is 19.6 Å². The lowest BCUT2D eigenvalue weighted by Gasteiger charge is -2.33. The van der Waals surface area contributed by atoms with Gasteiger partial charge in [-0.2, -0.15) is 0 Å². The summed E-state index contributed by atoms with van der Waals surface area (Å²) in [7, 11) is 0. The zero-order valence-corrected chi connectivity index (χ0v) is 15.3. The zero-order valence-electron chi connectivity index (χ0n) is 15.3. The molecule has 1 aliphatic rings. The van der Waals surface area contributed by atoms with Crippen molar-refractivity contribution in [3.63, 3.8) is 0 Å². The van der Waals surface area contributed by atoms with E-state index in [1.54, 1.807) is 41.3 Å². The van der Waals surface area contributed by atoms with E-state index >= 15 is 0 Å². The van der Waals surface area contributed by atoms with E-state index in [2.05, 4.69) is 22.1 Å². The average Bonchev–Trinajstić information content (AvgIpc) is 2.72. The Bertz CT molecular complexity index is 819. The van der Waals surface area contributed by atoms with Gasteiger partial charge in [0.2, 0.25) is 0 Å². The molecule has 1 aliphatic heterocycles. The molecule has 6 nitrogen and oxygen atoms in total. The predicted octanol–water partition coefficient (Wildman–Crippen LogP) is 1.93. The number of hydrogen-bond donors (Lipinski definition) is 1. The van der Waals surface area contributed by atoms with Crippen molar-refractivity contribution in [2.45, 2.75) is 13.5 Å². The van der Waals surface area contributed by atoms with E-state index in [1.165, 1.54) is 6.07 Å². The van der Waals surface area contributed by atoms with Gasteiger partial charge in [-0.1, -0.05) is 31.2 Å². The fraction of sp³-hybridized carbons (Fsp3) is 0.350. The number of hydrogen-bond acceptors (Lipinski definition) is 4. The fourth-order valence-electron chi connectivity index (χ4n) is 3.02. The Hall–Kier alpha value is -2.80. The summed E-state index contributed by atoms with van der Waals surface area (Å²) in [4.78, 5) is 33.2. The second kappa shape index (κ2) is 8.73. The highest BCUT2D eigenvalue weighted by atomic mass is 19.1. The van der Waals surface area contributed by atoms with Gasteiger partial charge in [0, 0.05) is 38.3 Å². The molecule has 1 saturated heterocycles. The summed E-state index contributed by atoms with van der Waals surface area (Å²) in [6.45, 7) is 6.11. The standard InChI is InChI=1S/C20H23FN4O2/c1-2-24-10-12-25(13-11-24)20(27)18-9-5-8-17(23-18)19(26)22-14-15-6-3-4-7-16(15)21/h3-9H,2,10-14H2,1H3,(H,22,26). The normalized spacial score (nSPS) is 14.8. The van der Waals surface area contributed by atoms with E-state index in [4.69, 9.17) is 0 Å². The molecule has 1 N–H and O–H groups in total. The van der Waals surface area contributed by atoms with Gasteiger partial charge in [0.15, 0.2) is 0 Å². The van der Waals surface area contributed by atoms with Crippen molar-refractivity contribution in [3.8, 4) is 0 Å². The summed E-state index contributed by atoms with van der Waals surface area (Å²) in [5.41, 5.74) is 0.787. The number of likely N-dealkylation sites (N-methyl/N-ethyl adjacent to an activating group) is 1. The molecule has 2 aromatic rings. The lowest BCUT2D eigenvalue weighted by Crippen LogP contribution is -2.48. The van der Waals surface area contributed by atoms with Gasteiger partial charge in [-0.3, -0.25) is 9.59 Å². The van der Waals surface area contributed by atoms with Gasteiger partial charge in [0.05, 0.1) is 0 Å². The number of rotatable bonds is 5. The summed E-state index contributed by atoms with van der Waals surface area (Å²) in [5.74, 6) is -0.987. The highest BCUT2D eigenvalue weighted by molar-refractivity contribution is 5.96. The number of amides is 2. The van der Waals surface area contributed by atoms with Crippen molar-refractivity contribution < 1.29 is 14.0 Å². The third-order valence-corrected chi connectivity index (χ3v) is 4.70. The Morgan fingerprint density at radius 2 is 1.74 bits per heavy atom. The van der Waals surface area contributed by atoms with Crippen LogP contribution in [0.1, 0.15) is 33.5 Å². The van der Waals surface area contributed by atoms with Gasteiger partial charge in [0.25, 0.3) is 11.8 Å². The second-order valence-corrected chi connectivity index (χ2v) is 6.41. The topological polar surface area (TPSA) is 65.5 Å². The first-order valence-electron chi connectivity index (χ1n) is 9.08. The third-order valence-electron chi connectivity index (χ3n) is 4.70. The largest absolute Gasteiger partial charge is 0.347 e. The first kappa shape index (κ1) is 19.0. The van der Waals surface area contributed by atoms with Crippen molar-refractivity contribution in [2.24, 2.45) is 0 Å². The van der Waals surface area contributed by atoms with E-state index in [-0.39, 0.29) is 29.7 Å². The minimum Gasteiger partial charge on any atom is -0.347 e. The molecule has 0 radical (unpaired) electrons. The number of aromatic nitrogens is 1. The smallest absolute Gasteiger partial charge is 0.272 e. The highest BCUT2D eigenvalue weighted by Crippen LogP contribution is 2.09. The van der Waals surface area contributed by atoms with E-state index in [0.29, 0.717) is 18.7 Å². The van der Waals surface area contributed by atoms with Crippen LogP contribution in [0.3, 0.4) is 0 Å². The number of nitrogens with zero attached hydrogens (tertiary/aromatic N) is 3. The first-order chi connectivity index (χ1) is 13.1. The molecule has 1 fully saturated rings. The van der Waals surface area contributed by atoms with Crippen LogP contribution in [0.4, 0.5) is 4.39 Å². The van der Waals surface area contributed by atoms with Crippen LogP contribution in [0.15, 0.2) is 42.5 Å². The maximum Gasteiger partial charge on any atom is 0.272 e. The number of nitrogens with one attached hydrogen (secondary N) is 1. The van der Waals surface area contributed by atoms with Crippen LogP contribution in [0.25, 0.3) is 0 Å². The summed E-state index contributed by atoms with van der Waals surface area (Å²) < 4.78 is 13.7. The van der Waals surface area contributed by atoms with Crippen molar-refractivity contribution in [1.82, 2.24) is 20.1 Å². The van der Waals surface area contributed by atoms with E-state index in [1.807, 2.05) is 0 Å². The van der Waals surface area contributed by atoms with E-state index in [9.17, 15) is 14.0 Å². The third kappa shape index (κ3) is 4.68. The van der Waals surface area contributed by atoms with Crippen molar-refractivity contribution in [1.29, 1.82) is 0 Å². The number of halogens is 1. The molecule has 0 bridgehead atoms. The number of carbonyl (C=O) groups is 2. The molecule has 1 aromatic carbocycles. The van der Waals surface area contributed by atoms with Gasteiger partial charge in [-0.25, -0.2) is 9.37 Å². The van der Waals surface area contributed by atoms with Crippen molar-refractivity contribution >= 4 is 11.8 Å². The van der Waals surface area contributed by atoms with Gasteiger partial charge >= 0.3 is 0 Å². The molecule has 1 aromatic heterocycles. The zero-order chi connectivity index (χ0) is 19.2. The molecule has 0 unspecified atom stereocenters. The van der Waals surface area contributed by atoms with Crippen LogP contribution in [-0.4, -0.2) is 59.3 Å². The van der Waals surface area contributed by atoms with Crippen molar-refractivity contribution in [3.05, 3.63) is 65.2 Å². The van der Waals surface area contributed by atoms with Gasteiger partial charge in [-0.15, -0.1) is 0 Å². The van der Waals surface area contributed by atoms with Crippen LogP contribution in [0.2, 0.25) is 0 Å². The Kier molecular flexibility index (Phi) is 6.13. The predicted molar refractivity (Wildman–Crippen MR) is 99.8 cm³/mol. The van der Waals surface area contributed by atoms with Crippen molar-refractivity contribution in [2.75, 3.05) is 32.7 Å². The average molecular weight is 370 g/mol. The molecular weight excluding hydrogens is 347 g/mol. The Labute approximate surface area is 158 Å². The Morgan fingerprint density at radius 3 is 2.44 bits per heavy atom. The number of pyridine rings is 1. The minimum absolute atomic E-state index is 0.0599. The summed E-state index contributed by atoms with van der Waals surface area (Å²) in [6.07, 6.45) is 0. The maximum absolute atomic E-state index is 13.7. The maximum atomic E-state index is 13.7. The van der Waals surface area contributed by atoms with Crippen LogP contribution in [0, 0.1) is 5.82 Å². The molecule has 0 atom stereocenters. The summed E-state index contributed by atoms with van der Waals surface area (Å²) in [6, 6.07) is 11.1. The lowest BCUT2D eigenvalue weighted by molar-refractivity contribution is 0.0637. The minimum atomic E-state index is -0.441. The van der Waals surface area contributed by atoms with Gasteiger partial charge in [0.1, 0.15) is 17.2 Å². The molecule has 3 rings (SSSR count). The molecule has 27 heavy (non-hydrogen) atoms. The number of carbonyl (C=O) groups excluding carboxylic acids is 2. The van der Waals surface area contributed by atoms with Crippen LogP contribution in [0.5, 0.6) is 0 Å². The SMILES string of the molecule is CCN1CCN(C(=O)c2cccc(C(=O)NCc3ccccc3F)n2)CC1. The fourth-order valence-corrected chi connectivity index (χ4v) is 3.02. The lowest BCUT2D eigenvalue weighted by atomic mass is 10.2. The summed E-state index contributed by atoms with van der Waals surface area (Å²) >= 11 is 0. The van der Waals surface area contributed by atoms with Gasteiger partial charge < -0.3 is 15.1 Å².